The predicted molar refractivity (Wildman–Crippen MR) is 86.4 cm³/mol. The van der Waals surface area contributed by atoms with Crippen LogP contribution in [0.15, 0.2) is 12.7 Å². The average molecular weight is 265 g/mol. The van der Waals surface area contributed by atoms with Crippen molar-refractivity contribution in [2.45, 2.75) is 78.7 Å². The van der Waals surface area contributed by atoms with E-state index in [4.69, 9.17) is 0 Å². The van der Waals surface area contributed by atoms with Crippen molar-refractivity contribution in [3.63, 3.8) is 0 Å². The fraction of sp³-hybridized carbons (Fsp3) is 0.889. The minimum atomic E-state index is 0.467. The van der Waals surface area contributed by atoms with Gasteiger partial charge in [-0.15, -0.1) is 6.58 Å². The fourth-order valence-electron chi connectivity index (χ4n) is 3.76. The summed E-state index contributed by atoms with van der Waals surface area (Å²) in [5.41, 5.74) is 0.467. The Morgan fingerprint density at radius 1 is 1.32 bits per heavy atom. The van der Waals surface area contributed by atoms with Gasteiger partial charge in [0, 0.05) is 6.04 Å². The summed E-state index contributed by atoms with van der Waals surface area (Å²) in [4.78, 5) is 0. The van der Waals surface area contributed by atoms with Crippen molar-refractivity contribution in [3.05, 3.63) is 12.7 Å². The first-order chi connectivity index (χ1) is 9.01. The minimum absolute atomic E-state index is 0.467. The molecule has 1 rings (SSSR count). The third-order valence-corrected chi connectivity index (χ3v) is 5.00. The predicted octanol–water partition coefficient (Wildman–Crippen LogP) is 5.17. The van der Waals surface area contributed by atoms with Crippen LogP contribution < -0.4 is 5.32 Å². The number of hydrogen-bond acceptors (Lipinski definition) is 1. The van der Waals surface area contributed by atoms with Crippen molar-refractivity contribution in [1.82, 2.24) is 5.32 Å². The zero-order valence-corrected chi connectivity index (χ0v) is 13.7. The lowest BCUT2D eigenvalue weighted by molar-refractivity contribution is 0.0852. The molecular formula is C18H35N. The summed E-state index contributed by atoms with van der Waals surface area (Å²) in [6.07, 6.45) is 11.3. The summed E-state index contributed by atoms with van der Waals surface area (Å²) in [6.45, 7) is 14.7. The van der Waals surface area contributed by atoms with Crippen molar-refractivity contribution < 1.29 is 0 Å². The molecule has 0 aromatic carbocycles. The van der Waals surface area contributed by atoms with Gasteiger partial charge in [-0.1, -0.05) is 40.2 Å². The van der Waals surface area contributed by atoms with Crippen molar-refractivity contribution in [2.24, 2.45) is 17.3 Å². The van der Waals surface area contributed by atoms with Gasteiger partial charge >= 0.3 is 0 Å². The first-order valence-corrected chi connectivity index (χ1v) is 8.35. The lowest BCUT2D eigenvalue weighted by Crippen LogP contribution is -2.47. The van der Waals surface area contributed by atoms with E-state index in [-0.39, 0.29) is 0 Å². The second-order valence-corrected chi connectivity index (χ2v) is 7.25. The van der Waals surface area contributed by atoms with E-state index in [1.807, 2.05) is 0 Å². The Labute approximate surface area is 121 Å². The quantitative estimate of drug-likeness (QED) is 0.471. The van der Waals surface area contributed by atoms with E-state index in [0.29, 0.717) is 5.41 Å². The molecule has 1 saturated carbocycles. The third-order valence-electron chi connectivity index (χ3n) is 5.00. The Balaban J connectivity index is 2.61. The summed E-state index contributed by atoms with van der Waals surface area (Å²) in [5.74, 6) is 1.75. The maximum absolute atomic E-state index is 3.85. The van der Waals surface area contributed by atoms with Crippen LogP contribution in [0.3, 0.4) is 0 Å². The van der Waals surface area contributed by atoms with Gasteiger partial charge in [-0.2, -0.15) is 0 Å². The van der Waals surface area contributed by atoms with Gasteiger partial charge in [0.1, 0.15) is 0 Å². The zero-order chi connectivity index (χ0) is 14.3. The molecule has 0 heterocycles. The smallest absolute Gasteiger partial charge is 0.0103 e. The van der Waals surface area contributed by atoms with Gasteiger partial charge in [0.2, 0.25) is 0 Å². The Hall–Kier alpha value is -0.300. The highest BCUT2D eigenvalue weighted by Gasteiger charge is 2.38. The highest BCUT2D eigenvalue weighted by molar-refractivity contribution is 4.92. The lowest BCUT2D eigenvalue weighted by Gasteiger charge is -2.45. The van der Waals surface area contributed by atoms with E-state index in [2.05, 4.69) is 45.7 Å². The molecule has 0 amide bonds. The number of allylic oxidation sites excluding steroid dienone is 1. The van der Waals surface area contributed by atoms with Crippen molar-refractivity contribution in [2.75, 3.05) is 6.54 Å². The van der Waals surface area contributed by atoms with Crippen LogP contribution in [0.5, 0.6) is 0 Å². The molecule has 0 aromatic heterocycles. The Bertz CT molecular complexity index is 256. The first-order valence-electron chi connectivity index (χ1n) is 8.35. The molecule has 1 aliphatic rings. The van der Waals surface area contributed by atoms with Crippen LogP contribution in [0, 0.1) is 17.3 Å². The van der Waals surface area contributed by atoms with Crippen LogP contribution >= 0.6 is 0 Å². The highest BCUT2D eigenvalue weighted by Crippen LogP contribution is 2.43. The Morgan fingerprint density at radius 3 is 2.68 bits per heavy atom. The summed E-state index contributed by atoms with van der Waals surface area (Å²) < 4.78 is 0. The van der Waals surface area contributed by atoms with Gasteiger partial charge in [-0.25, -0.2) is 0 Å². The van der Waals surface area contributed by atoms with Gasteiger partial charge in [0.25, 0.3) is 0 Å². The standard InChI is InChI=1S/C18H35N/c1-6-8-9-12-18(4,5)16-11-10-15(3)14-17(16)19-13-7-2/h6,15-17,19H,1,7-14H2,2-5H3. The van der Waals surface area contributed by atoms with Crippen LogP contribution in [0.4, 0.5) is 0 Å². The average Bonchev–Trinajstić information content (AvgIpc) is 2.36. The van der Waals surface area contributed by atoms with E-state index in [0.717, 1.165) is 17.9 Å². The SMILES string of the molecule is C=CCCCC(C)(C)C1CCC(C)CC1NCCC. The molecule has 0 radical (unpaired) electrons. The van der Waals surface area contributed by atoms with Gasteiger partial charge in [0.05, 0.1) is 0 Å². The molecule has 0 bridgehead atoms. The molecule has 0 spiro atoms. The highest BCUT2D eigenvalue weighted by atomic mass is 14.9. The number of unbranched alkanes of at least 4 members (excludes halogenated alkanes) is 1. The maximum atomic E-state index is 3.85. The second kappa shape index (κ2) is 8.09. The van der Waals surface area contributed by atoms with E-state index in [9.17, 15) is 0 Å². The van der Waals surface area contributed by atoms with Crippen LogP contribution in [0.25, 0.3) is 0 Å². The molecule has 1 fully saturated rings. The van der Waals surface area contributed by atoms with Crippen LogP contribution in [0.2, 0.25) is 0 Å². The fourth-order valence-corrected chi connectivity index (χ4v) is 3.76. The summed E-state index contributed by atoms with van der Waals surface area (Å²) >= 11 is 0. The monoisotopic (exact) mass is 265 g/mol. The van der Waals surface area contributed by atoms with Crippen LogP contribution in [0.1, 0.15) is 72.6 Å². The number of rotatable bonds is 8. The normalized spacial score (nSPS) is 28.3. The topological polar surface area (TPSA) is 12.0 Å². The molecule has 0 aromatic rings. The molecule has 3 atom stereocenters. The van der Waals surface area contributed by atoms with Crippen LogP contribution in [-0.2, 0) is 0 Å². The Morgan fingerprint density at radius 2 is 2.05 bits per heavy atom. The lowest BCUT2D eigenvalue weighted by atomic mass is 9.64. The first kappa shape index (κ1) is 16.8. The molecule has 1 N–H and O–H groups in total. The van der Waals surface area contributed by atoms with Crippen molar-refractivity contribution in [1.29, 1.82) is 0 Å². The molecule has 1 nitrogen and oxygen atoms in total. The molecule has 19 heavy (non-hydrogen) atoms. The molecule has 112 valence electrons. The largest absolute Gasteiger partial charge is 0.314 e. The van der Waals surface area contributed by atoms with E-state index in [1.165, 1.54) is 51.5 Å². The minimum Gasteiger partial charge on any atom is -0.314 e. The van der Waals surface area contributed by atoms with Gasteiger partial charge in [0.15, 0.2) is 0 Å². The van der Waals surface area contributed by atoms with Gasteiger partial charge in [-0.3, -0.25) is 0 Å². The molecular weight excluding hydrogens is 230 g/mol. The van der Waals surface area contributed by atoms with Crippen molar-refractivity contribution in [3.8, 4) is 0 Å². The molecule has 0 aliphatic heterocycles. The summed E-state index contributed by atoms with van der Waals surface area (Å²) in [5, 5.41) is 3.83. The molecule has 1 heteroatoms. The Kier molecular flexibility index (Phi) is 7.13. The summed E-state index contributed by atoms with van der Waals surface area (Å²) in [7, 11) is 0. The van der Waals surface area contributed by atoms with Gasteiger partial charge < -0.3 is 5.32 Å². The van der Waals surface area contributed by atoms with Crippen LogP contribution in [-0.4, -0.2) is 12.6 Å². The van der Waals surface area contributed by atoms with Crippen molar-refractivity contribution >= 4 is 0 Å². The zero-order valence-electron chi connectivity index (χ0n) is 13.7. The third kappa shape index (κ3) is 5.30. The number of nitrogens with one attached hydrogen (secondary N) is 1. The molecule has 3 unspecified atom stereocenters. The van der Waals surface area contributed by atoms with E-state index in [1.54, 1.807) is 0 Å². The van der Waals surface area contributed by atoms with E-state index >= 15 is 0 Å². The second-order valence-electron chi connectivity index (χ2n) is 7.25. The van der Waals surface area contributed by atoms with E-state index < -0.39 is 0 Å². The van der Waals surface area contributed by atoms with Gasteiger partial charge in [-0.05, 0) is 62.3 Å². The molecule has 0 saturated heterocycles. The number of hydrogen-bond donors (Lipinski definition) is 1. The molecule has 1 aliphatic carbocycles. The summed E-state index contributed by atoms with van der Waals surface area (Å²) in [6, 6.07) is 0.738. The maximum Gasteiger partial charge on any atom is 0.0103 e.